The average molecular weight is 291 g/mol. The van der Waals surface area contributed by atoms with Gasteiger partial charge in [-0.2, -0.15) is 0 Å². The molecule has 6 heteroatoms. The van der Waals surface area contributed by atoms with Crippen molar-refractivity contribution in [1.82, 2.24) is 0 Å². The van der Waals surface area contributed by atoms with E-state index in [1.165, 1.54) is 0 Å². The van der Waals surface area contributed by atoms with Crippen molar-refractivity contribution in [2.45, 2.75) is 24.9 Å². The highest BCUT2D eigenvalue weighted by Crippen LogP contribution is 2.31. The summed E-state index contributed by atoms with van der Waals surface area (Å²) in [6.45, 7) is 5.08. The van der Waals surface area contributed by atoms with E-state index < -0.39 is 27.0 Å². The first-order valence-electron chi connectivity index (χ1n) is 5.15. The fourth-order valence-electron chi connectivity index (χ4n) is 1.41. The number of rotatable bonds is 4. The van der Waals surface area contributed by atoms with Gasteiger partial charge in [0, 0.05) is 0 Å². The van der Waals surface area contributed by atoms with Crippen molar-refractivity contribution in [3.05, 3.63) is 35.9 Å². The summed E-state index contributed by atoms with van der Waals surface area (Å²) in [5.74, 6) is 0. The van der Waals surface area contributed by atoms with Crippen molar-refractivity contribution in [1.29, 1.82) is 0 Å². The highest BCUT2D eigenvalue weighted by Gasteiger charge is 2.43. The molecule has 0 saturated carbocycles. The molecule has 0 aliphatic carbocycles. The van der Waals surface area contributed by atoms with Crippen LogP contribution in [0.3, 0.4) is 0 Å². The van der Waals surface area contributed by atoms with Gasteiger partial charge in [0.2, 0.25) is 5.24 Å². The SMILES string of the molecule is C[Si](C)(C)S(=O)(=O)C(C(=O)Cl)c1ccccc1. The van der Waals surface area contributed by atoms with E-state index in [2.05, 4.69) is 0 Å². The van der Waals surface area contributed by atoms with Gasteiger partial charge in [-0.3, -0.25) is 4.79 Å². The third-order valence-corrected chi connectivity index (χ3v) is 11.5. The fraction of sp³-hybridized carbons (Fsp3) is 0.364. The number of halogens is 1. The van der Waals surface area contributed by atoms with E-state index in [-0.39, 0.29) is 0 Å². The summed E-state index contributed by atoms with van der Waals surface area (Å²) in [5, 5.41) is -2.07. The normalized spacial score (nSPS) is 14.4. The summed E-state index contributed by atoms with van der Waals surface area (Å²) in [6, 6.07) is 8.38. The Morgan fingerprint density at radius 3 is 2.00 bits per heavy atom. The Hall–Kier alpha value is -0.653. The standard InChI is InChI=1S/C11H15ClO3SSi/c1-17(2,3)16(14,15)10(11(12)13)9-7-5-4-6-8-9/h4-8,10H,1-3H3. The molecule has 0 fully saturated rings. The number of carbonyl (C=O) groups is 1. The fourth-order valence-corrected chi connectivity index (χ4v) is 6.43. The summed E-state index contributed by atoms with van der Waals surface area (Å²) in [7, 11) is -6.06. The van der Waals surface area contributed by atoms with Gasteiger partial charge in [-0.15, -0.1) is 0 Å². The smallest absolute Gasteiger partial charge is 0.243 e. The van der Waals surface area contributed by atoms with Gasteiger partial charge in [-0.25, -0.2) is 8.42 Å². The molecule has 0 saturated heterocycles. The Morgan fingerprint density at radius 2 is 1.65 bits per heavy atom. The molecule has 1 atom stereocenters. The van der Waals surface area contributed by atoms with Crippen LogP contribution >= 0.6 is 11.6 Å². The minimum atomic E-state index is -3.53. The van der Waals surface area contributed by atoms with Crippen molar-refractivity contribution in [3.63, 3.8) is 0 Å². The predicted octanol–water partition coefficient (Wildman–Crippen LogP) is 2.74. The predicted molar refractivity (Wildman–Crippen MR) is 72.3 cm³/mol. The average Bonchev–Trinajstić information content (AvgIpc) is 2.16. The van der Waals surface area contributed by atoms with Crippen LogP contribution in [0.2, 0.25) is 19.6 Å². The van der Waals surface area contributed by atoms with Crippen LogP contribution in [-0.2, 0) is 14.1 Å². The molecule has 17 heavy (non-hydrogen) atoms. The summed E-state index contributed by atoms with van der Waals surface area (Å²) in [5.41, 5.74) is 0.440. The van der Waals surface area contributed by atoms with Crippen molar-refractivity contribution >= 4 is 33.4 Å². The van der Waals surface area contributed by atoms with Crippen LogP contribution in [0.15, 0.2) is 30.3 Å². The summed E-state index contributed by atoms with van der Waals surface area (Å²) < 4.78 is 24.7. The molecule has 0 N–H and O–H groups in total. The number of carbonyl (C=O) groups excluding carboxylic acids is 1. The zero-order chi connectivity index (χ0) is 13.3. The van der Waals surface area contributed by atoms with Gasteiger partial charge in [0.15, 0.2) is 12.5 Å². The number of benzene rings is 1. The molecule has 1 rings (SSSR count). The Kier molecular flexibility index (Phi) is 4.17. The summed E-state index contributed by atoms with van der Waals surface area (Å²) in [6.07, 6.45) is 0. The molecule has 0 aliphatic rings. The van der Waals surface area contributed by atoms with Crippen LogP contribution in [0.1, 0.15) is 10.8 Å². The molecule has 1 unspecified atom stereocenters. The lowest BCUT2D eigenvalue weighted by atomic mass is 10.2. The Bertz CT molecular complexity index is 505. The zero-order valence-electron chi connectivity index (χ0n) is 9.98. The van der Waals surface area contributed by atoms with Gasteiger partial charge in [0.1, 0.15) is 9.29 Å². The molecule has 1 aromatic carbocycles. The van der Waals surface area contributed by atoms with E-state index >= 15 is 0 Å². The Balaban J connectivity index is 3.36. The largest absolute Gasteiger partial charge is 0.279 e. The first-order chi connectivity index (χ1) is 7.68. The monoisotopic (exact) mass is 290 g/mol. The maximum atomic E-state index is 12.4. The molecule has 94 valence electrons. The molecule has 3 nitrogen and oxygen atoms in total. The van der Waals surface area contributed by atoms with Gasteiger partial charge in [-0.1, -0.05) is 50.0 Å². The molecule has 0 heterocycles. The van der Waals surface area contributed by atoms with Crippen LogP contribution in [0.25, 0.3) is 0 Å². The summed E-state index contributed by atoms with van der Waals surface area (Å²) in [4.78, 5) is 11.4. The molecule has 1 aromatic rings. The second kappa shape index (κ2) is 4.92. The van der Waals surface area contributed by atoms with Crippen LogP contribution in [0.4, 0.5) is 0 Å². The number of hydrogen-bond acceptors (Lipinski definition) is 3. The lowest BCUT2D eigenvalue weighted by Crippen LogP contribution is -2.39. The lowest BCUT2D eigenvalue weighted by molar-refractivity contribution is -0.111. The Labute approximate surface area is 107 Å². The second-order valence-electron chi connectivity index (χ2n) is 4.75. The minimum Gasteiger partial charge on any atom is -0.279 e. The molecule has 0 aliphatic heterocycles. The van der Waals surface area contributed by atoms with E-state index in [0.29, 0.717) is 5.56 Å². The van der Waals surface area contributed by atoms with E-state index in [4.69, 9.17) is 11.6 Å². The second-order valence-corrected chi connectivity index (χ2v) is 16.3. The van der Waals surface area contributed by atoms with Gasteiger partial charge in [-0.05, 0) is 17.2 Å². The molecule has 0 aromatic heterocycles. The first-order valence-corrected chi connectivity index (χ1v) is 11.3. The maximum absolute atomic E-state index is 12.4. The van der Waals surface area contributed by atoms with Gasteiger partial charge in [0.25, 0.3) is 0 Å². The van der Waals surface area contributed by atoms with Gasteiger partial charge >= 0.3 is 0 Å². The highest BCUT2D eigenvalue weighted by molar-refractivity contribution is 8.22. The quantitative estimate of drug-likeness (QED) is 0.633. The first kappa shape index (κ1) is 14.4. The van der Waals surface area contributed by atoms with E-state index in [0.717, 1.165) is 0 Å². The topological polar surface area (TPSA) is 51.2 Å². The number of hydrogen-bond donors (Lipinski definition) is 0. The highest BCUT2D eigenvalue weighted by atomic mass is 35.5. The molecular formula is C11H15ClO3SSi. The van der Waals surface area contributed by atoms with Crippen LogP contribution in [0, 0.1) is 0 Å². The maximum Gasteiger partial charge on any atom is 0.243 e. The minimum absolute atomic E-state index is 0.440. The van der Waals surface area contributed by atoms with Gasteiger partial charge < -0.3 is 0 Å². The van der Waals surface area contributed by atoms with Crippen molar-refractivity contribution in [2.24, 2.45) is 0 Å². The van der Waals surface area contributed by atoms with Crippen LogP contribution in [-0.4, -0.2) is 20.9 Å². The molecular weight excluding hydrogens is 276 g/mol. The van der Waals surface area contributed by atoms with Crippen molar-refractivity contribution < 1.29 is 13.2 Å². The third-order valence-electron chi connectivity index (χ3n) is 2.47. The molecule has 0 amide bonds. The summed E-state index contributed by atoms with van der Waals surface area (Å²) >= 11 is 5.47. The molecule has 0 spiro atoms. The van der Waals surface area contributed by atoms with E-state index in [9.17, 15) is 13.2 Å². The van der Waals surface area contributed by atoms with Crippen LogP contribution < -0.4 is 0 Å². The molecule has 0 bridgehead atoms. The van der Waals surface area contributed by atoms with E-state index in [1.54, 1.807) is 50.0 Å². The third kappa shape index (κ3) is 2.97. The van der Waals surface area contributed by atoms with Crippen molar-refractivity contribution in [2.75, 3.05) is 0 Å². The molecule has 0 radical (unpaired) electrons. The Morgan fingerprint density at radius 1 is 1.18 bits per heavy atom. The van der Waals surface area contributed by atoms with E-state index in [1.807, 2.05) is 0 Å². The van der Waals surface area contributed by atoms with Crippen LogP contribution in [0.5, 0.6) is 0 Å². The lowest BCUT2D eigenvalue weighted by Gasteiger charge is -2.23. The zero-order valence-corrected chi connectivity index (χ0v) is 12.5. The van der Waals surface area contributed by atoms with Crippen molar-refractivity contribution in [3.8, 4) is 0 Å². The van der Waals surface area contributed by atoms with Gasteiger partial charge in [0.05, 0.1) is 0 Å².